The van der Waals surface area contributed by atoms with Gasteiger partial charge in [-0.05, 0) is 91.8 Å². The van der Waals surface area contributed by atoms with E-state index in [1.54, 1.807) is 41.2 Å². The minimum atomic E-state index is -4.57. The van der Waals surface area contributed by atoms with Crippen LogP contribution in [0.1, 0.15) is 47.8 Å². The third kappa shape index (κ3) is 4.97. The minimum Gasteiger partial charge on any atom is -0.348 e. The van der Waals surface area contributed by atoms with Crippen LogP contribution in [-0.2, 0) is 11.2 Å². The van der Waals surface area contributed by atoms with E-state index in [1.807, 2.05) is 13.0 Å². The van der Waals surface area contributed by atoms with Gasteiger partial charge in [0.1, 0.15) is 5.82 Å². The maximum atomic E-state index is 14.3. The van der Waals surface area contributed by atoms with Crippen LogP contribution in [0.5, 0.6) is 0 Å². The Morgan fingerprint density at radius 3 is 2.52 bits per heavy atom. The van der Waals surface area contributed by atoms with Gasteiger partial charge in [0, 0.05) is 16.0 Å². The van der Waals surface area contributed by atoms with E-state index in [0.29, 0.717) is 35.5 Å². The van der Waals surface area contributed by atoms with Crippen LogP contribution >= 0.6 is 11.6 Å². The minimum absolute atomic E-state index is 0.302. The largest absolute Gasteiger partial charge is 0.392 e. The molecule has 2 aromatic carbocycles. The van der Waals surface area contributed by atoms with Gasteiger partial charge in [0.25, 0.3) is 0 Å². The monoisotopic (exact) mass is 597 g/mol. The Labute approximate surface area is 245 Å². The summed E-state index contributed by atoms with van der Waals surface area (Å²) in [5.41, 5.74) is 4.17. The van der Waals surface area contributed by atoms with Gasteiger partial charge in [0.2, 0.25) is 5.91 Å². The number of rotatable bonds is 5. The molecule has 1 amide bonds. The molecular formula is C32H28ClF4N3O2. The smallest absolute Gasteiger partial charge is 0.348 e. The zero-order valence-electron chi connectivity index (χ0n) is 22.7. The van der Waals surface area contributed by atoms with Crippen LogP contribution in [0.4, 0.5) is 17.6 Å². The molecule has 1 saturated carbocycles. The fraction of sp³-hybridized carbons (Fsp3) is 0.344. The molecule has 6 rings (SSSR count). The van der Waals surface area contributed by atoms with E-state index in [-0.39, 0.29) is 12.2 Å². The van der Waals surface area contributed by atoms with Gasteiger partial charge in [-0.1, -0.05) is 35.7 Å². The van der Waals surface area contributed by atoms with Crippen LogP contribution in [0.2, 0.25) is 5.02 Å². The second kappa shape index (κ2) is 10.5. The summed E-state index contributed by atoms with van der Waals surface area (Å²) in [6.45, 7) is 1.63. The van der Waals surface area contributed by atoms with Crippen LogP contribution in [0.3, 0.4) is 0 Å². The predicted octanol–water partition coefficient (Wildman–Crippen LogP) is 7.14. The number of carbonyl (C=O) groups is 2. The molecule has 10 heteroatoms. The molecule has 1 heterocycles. The fourth-order valence-corrected chi connectivity index (χ4v) is 7.08. The Bertz CT molecular complexity index is 1610. The molecular weight excluding hydrogens is 570 g/mol. The Hall–Kier alpha value is -3.72. The lowest BCUT2D eigenvalue weighted by molar-refractivity contribution is -0.197. The molecule has 3 aliphatic rings. The second-order valence-electron chi connectivity index (χ2n) is 11.5. The quantitative estimate of drug-likeness (QED) is 0.193. The van der Waals surface area contributed by atoms with E-state index >= 15 is 0 Å². The van der Waals surface area contributed by atoms with Gasteiger partial charge >= 0.3 is 6.18 Å². The first-order valence-electron chi connectivity index (χ1n) is 13.8. The summed E-state index contributed by atoms with van der Waals surface area (Å²) in [6.07, 6.45) is 2.02. The number of allylic oxidation sites excluding steroid dienone is 3. The van der Waals surface area contributed by atoms with Crippen molar-refractivity contribution in [3.63, 3.8) is 0 Å². The SMILES string of the molecule is C[C@]12Cc3cnn(-c4ccc(F)cc4)c3C=C1CC[C@H]1C2=CC[C@@H](C(F)(F)F)[C@@H]1C(=O)NCC(=O)c1ccc(Cl)cc1. The molecule has 1 N–H and O–H groups in total. The van der Waals surface area contributed by atoms with Crippen molar-refractivity contribution in [3.05, 3.63) is 99.6 Å². The summed E-state index contributed by atoms with van der Waals surface area (Å²) in [5.74, 6) is -5.32. The molecule has 5 nitrogen and oxygen atoms in total. The summed E-state index contributed by atoms with van der Waals surface area (Å²) in [5, 5.41) is 7.50. The molecule has 0 radical (unpaired) electrons. The van der Waals surface area contributed by atoms with Crippen LogP contribution in [0.15, 0.2) is 72.0 Å². The molecule has 3 aromatic rings. The standard InChI is InChI=1S/C32H28ClF4N3O2/c1-31-15-19-16-39-40(23-9-7-22(34)8-10-23)27(19)14-20(31)4-11-24-25(31)12-13-26(32(35,36)37)29(24)30(42)38-17-28(41)18-2-5-21(33)6-3-18/h2-3,5-10,12,14,16,24,26,29H,4,11,13,15,17H2,1H3,(H,38,42)/t24-,26+,29+,31-/m0/s1. The molecule has 42 heavy (non-hydrogen) atoms. The maximum Gasteiger partial charge on any atom is 0.392 e. The second-order valence-corrected chi connectivity index (χ2v) is 11.9. The third-order valence-corrected chi connectivity index (χ3v) is 9.31. The van der Waals surface area contributed by atoms with E-state index in [2.05, 4.69) is 10.4 Å². The summed E-state index contributed by atoms with van der Waals surface area (Å²) in [7, 11) is 0. The van der Waals surface area contributed by atoms with E-state index < -0.39 is 47.6 Å². The molecule has 0 unspecified atom stereocenters. The number of benzene rings is 2. The Morgan fingerprint density at radius 2 is 1.83 bits per heavy atom. The molecule has 4 atom stereocenters. The molecule has 0 aliphatic heterocycles. The number of hydrogen-bond acceptors (Lipinski definition) is 3. The van der Waals surface area contributed by atoms with Crippen molar-refractivity contribution in [2.24, 2.45) is 23.2 Å². The highest BCUT2D eigenvalue weighted by Crippen LogP contribution is 2.58. The van der Waals surface area contributed by atoms with Crippen LogP contribution in [0.25, 0.3) is 11.8 Å². The summed E-state index contributed by atoms with van der Waals surface area (Å²) in [6, 6.07) is 12.1. The molecule has 0 bridgehead atoms. The lowest BCUT2D eigenvalue weighted by Gasteiger charge is -2.50. The van der Waals surface area contributed by atoms with E-state index in [1.165, 1.54) is 24.3 Å². The van der Waals surface area contributed by atoms with E-state index in [4.69, 9.17) is 11.6 Å². The maximum absolute atomic E-state index is 14.3. The van der Waals surface area contributed by atoms with Gasteiger partial charge in [-0.25, -0.2) is 9.07 Å². The summed E-state index contributed by atoms with van der Waals surface area (Å²) >= 11 is 5.88. The number of fused-ring (bicyclic) bond motifs is 4. The van der Waals surface area contributed by atoms with Gasteiger partial charge in [-0.2, -0.15) is 18.3 Å². The third-order valence-electron chi connectivity index (χ3n) is 9.05. The van der Waals surface area contributed by atoms with Gasteiger partial charge in [-0.15, -0.1) is 0 Å². The number of nitrogens with one attached hydrogen (secondary N) is 1. The number of halogens is 5. The highest BCUT2D eigenvalue weighted by Gasteiger charge is 2.56. The normalized spacial score (nSPS) is 25.0. The zero-order valence-corrected chi connectivity index (χ0v) is 23.5. The number of Topliss-reactive ketones (excluding diaryl/α,β-unsaturated/α-hetero) is 1. The average molecular weight is 598 g/mol. The number of alkyl halides is 3. The summed E-state index contributed by atoms with van der Waals surface area (Å²) < 4.78 is 58.1. The lowest BCUT2D eigenvalue weighted by Crippen LogP contribution is -2.51. The first-order valence-corrected chi connectivity index (χ1v) is 14.2. The van der Waals surface area contributed by atoms with Crippen LogP contribution in [-0.4, -0.2) is 34.2 Å². The van der Waals surface area contributed by atoms with Crippen molar-refractivity contribution in [1.29, 1.82) is 0 Å². The number of hydrogen-bond donors (Lipinski definition) is 1. The molecule has 0 saturated heterocycles. The van der Waals surface area contributed by atoms with Gasteiger partial charge < -0.3 is 5.32 Å². The van der Waals surface area contributed by atoms with Crippen LogP contribution in [0, 0.1) is 29.0 Å². The lowest BCUT2D eigenvalue weighted by atomic mass is 9.54. The predicted molar refractivity (Wildman–Crippen MR) is 151 cm³/mol. The number of carbonyl (C=O) groups excluding carboxylic acids is 2. The van der Waals surface area contributed by atoms with Crippen LogP contribution < -0.4 is 5.32 Å². The molecule has 3 aliphatic carbocycles. The zero-order chi connectivity index (χ0) is 29.8. The van der Waals surface area contributed by atoms with Gasteiger partial charge in [0.05, 0.1) is 36.0 Å². The van der Waals surface area contributed by atoms with Gasteiger partial charge in [-0.3, -0.25) is 9.59 Å². The molecule has 1 aromatic heterocycles. The van der Waals surface area contributed by atoms with Gasteiger partial charge in [0.15, 0.2) is 5.78 Å². The Morgan fingerprint density at radius 1 is 1.12 bits per heavy atom. The first-order chi connectivity index (χ1) is 20.0. The van der Waals surface area contributed by atoms with Crippen molar-refractivity contribution >= 4 is 29.4 Å². The molecule has 0 spiro atoms. The van der Waals surface area contributed by atoms with E-state index in [9.17, 15) is 27.2 Å². The van der Waals surface area contributed by atoms with Crippen molar-refractivity contribution in [1.82, 2.24) is 15.1 Å². The topological polar surface area (TPSA) is 64.0 Å². The van der Waals surface area contributed by atoms with Crippen molar-refractivity contribution in [2.45, 2.75) is 38.8 Å². The highest BCUT2D eigenvalue weighted by atomic mass is 35.5. The first kappa shape index (κ1) is 28.4. The number of nitrogens with zero attached hydrogens (tertiary/aromatic N) is 2. The van der Waals surface area contributed by atoms with E-state index in [0.717, 1.165) is 22.4 Å². The number of amides is 1. The Kier molecular flexibility index (Phi) is 7.12. The molecule has 218 valence electrons. The number of ketones is 1. The van der Waals surface area contributed by atoms with Crippen molar-refractivity contribution in [3.8, 4) is 5.69 Å². The van der Waals surface area contributed by atoms with Crippen molar-refractivity contribution < 1.29 is 27.2 Å². The fourth-order valence-electron chi connectivity index (χ4n) is 6.96. The van der Waals surface area contributed by atoms with Crippen molar-refractivity contribution in [2.75, 3.05) is 6.54 Å². The summed E-state index contributed by atoms with van der Waals surface area (Å²) in [4.78, 5) is 26.1. The average Bonchev–Trinajstić information content (AvgIpc) is 3.36. The number of aromatic nitrogens is 2. The highest BCUT2D eigenvalue weighted by molar-refractivity contribution is 6.30. The molecule has 1 fully saturated rings. The Balaban J connectivity index is 1.28.